The molecule has 1 fully saturated rings. The molecule has 1 atom stereocenters. The zero-order valence-corrected chi connectivity index (χ0v) is 11.7. The van der Waals surface area contributed by atoms with Crippen molar-refractivity contribution in [3.63, 3.8) is 0 Å². The Labute approximate surface area is 119 Å². The number of nitrogens with one attached hydrogen (secondary N) is 2. The third kappa shape index (κ3) is 3.24. The van der Waals surface area contributed by atoms with E-state index in [0.717, 1.165) is 24.4 Å². The summed E-state index contributed by atoms with van der Waals surface area (Å²) in [4.78, 5) is 12.0. The van der Waals surface area contributed by atoms with E-state index in [4.69, 9.17) is 0 Å². The molecular formula is C16H22N2O2. The molecule has 3 N–H and O–H groups in total. The Balaban J connectivity index is 1.47. The van der Waals surface area contributed by atoms with Crippen molar-refractivity contribution >= 4 is 17.3 Å². The van der Waals surface area contributed by atoms with Gasteiger partial charge >= 0.3 is 0 Å². The summed E-state index contributed by atoms with van der Waals surface area (Å²) in [7, 11) is 0. The van der Waals surface area contributed by atoms with Gasteiger partial charge in [0.25, 0.3) is 0 Å². The van der Waals surface area contributed by atoms with E-state index in [1.54, 1.807) is 12.1 Å². The van der Waals surface area contributed by atoms with Gasteiger partial charge in [0.05, 0.1) is 11.4 Å². The third-order valence-corrected chi connectivity index (χ3v) is 4.21. The minimum Gasteiger partial charge on any atom is -0.508 e. The van der Waals surface area contributed by atoms with E-state index in [0.29, 0.717) is 5.69 Å². The number of hydrogen-bond donors (Lipinski definition) is 3. The van der Waals surface area contributed by atoms with Crippen LogP contribution >= 0.6 is 0 Å². The number of unbranched alkanes of at least 4 members (excludes halogenated alkanes) is 2. The van der Waals surface area contributed by atoms with Crippen LogP contribution in [0.3, 0.4) is 0 Å². The van der Waals surface area contributed by atoms with Gasteiger partial charge in [-0.25, -0.2) is 0 Å². The first-order valence-corrected chi connectivity index (χ1v) is 7.63. The molecule has 1 saturated carbocycles. The molecule has 1 aliphatic heterocycles. The molecule has 0 bridgehead atoms. The maximum absolute atomic E-state index is 12.0. The number of fused-ring (bicyclic) bond motifs is 1. The van der Waals surface area contributed by atoms with Gasteiger partial charge < -0.3 is 15.7 Å². The van der Waals surface area contributed by atoms with Crippen LogP contribution in [0.5, 0.6) is 5.75 Å². The number of rotatable bonds is 6. The van der Waals surface area contributed by atoms with Gasteiger partial charge in [0.1, 0.15) is 11.8 Å². The van der Waals surface area contributed by atoms with Gasteiger partial charge in [-0.1, -0.05) is 38.5 Å². The number of benzene rings is 1. The van der Waals surface area contributed by atoms with E-state index in [-0.39, 0.29) is 17.7 Å². The van der Waals surface area contributed by atoms with Crippen LogP contribution in [-0.4, -0.2) is 17.1 Å². The number of hydrogen-bond acceptors (Lipinski definition) is 3. The maximum atomic E-state index is 12.0. The monoisotopic (exact) mass is 274 g/mol. The molecule has 3 rings (SSSR count). The van der Waals surface area contributed by atoms with Crippen molar-refractivity contribution in [3.05, 3.63) is 18.2 Å². The van der Waals surface area contributed by atoms with Crippen LogP contribution in [0.25, 0.3) is 0 Å². The zero-order chi connectivity index (χ0) is 13.9. The van der Waals surface area contributed by atoms with Crippen LogP contribution < -0.4 is 10.6 Å². The van der Waals surface area contributed by atoms with E-state index in [9.17, 15) is 9.90 Å². The summed E-state index contributed by atoms with van der Waals surface area (Å²) in [6.45, 7) is 0. The molecule has 4 nitrogen and oxygen atoms in total. The van der Waals surface area contributed by atoms with Gasteiger partial charge in [0, 0.05) is 6.07 Å². The molecule has 108 valence electrons. The predicted octanol–water partition coefficient (Wildman–Crippen LogP) is 3.49. The van der Waals surface area contributed by atoms with E-state index < -0.39 is 0 Å². The Morgan fingerprint density at radius 1 is 1.10 bits per heavy atom. The summed E-state index contributed by atoms with van der Waals surface area (Å²) >= 11 is 0. The first kappa shape index (κ1) is 13.3. The lowest BCUT2D eigenvalue weighted by Gasteiger charge is -2.26. The highest BCUT2D eigenvalue weighted by Crippen LogP contribution is 2.34. The first-order chi connectivity index (χ1) is 9.72. The molecular weight excluding hydrogens is 252 g/mol. The second kappa shape index (κ2) is 5.73. The molecule has 0 spiro atoms. The number of carbonyl (C=O) groups excluding carboxylic acids is 1. The Morgan fingerprint density at radius 3 is 2.70 bits per heavy atom. The summed E-state index contributed by atoms with van der Waals surface area (Å²) in [6, 6.07) is 4.87. The highest BCUT2D eigenvalue weighted by Gasteiger charge is 2.25. The Bertz CT molecular complexity index is 497. The van der Waals surface area contributed by atoms with Gasteiger partial charge in [0.2, 0.25) is 5.91 Å². The number of aromatic hydroxyl groups is 1. The molecule has 1 amide bonds. The minimum absolute atomic E-state index is 0.00490. The van der Waals surface area contributed by atoms with Crippen molar-refractivity contribution in [1.82, 2.24) is 0 Å². The van der Waals surface area contributed by atoms with Gasteiger partial charge in [-0.05, 0) is 24.5 Å². The molecule has 1 unspecified atom stereocenters. The lowest BCUT2D eigenvalue weighted by molar-refractivity contribution is -0.117. The molecule has 0 aromatic heterocycles. The van der Waals surface area contributed by atoms with Crippen molar-refractivity contribution in [3.8, 4) is 5.75 Å². The third-order valence-electron chi connectivity index (χ3n) is 4.21. The van der Waals surface area contributed by atoms with E-state index in [1.165, 1.54) is 32.1 Å². The quantitative estimate of drug-likeness (QED) is 0.549. The van der Waals surface area contributed by atoms with E-state index in [1.807, 2.05) is 6.07 Å². The van der Waals surface area contributed by atoms with Gasteiger partial charge in [0.15, 0.2) is 0 Å². The number of phenols is 1. The fraction of sp³-hybridized carbons (Fsp3) is 0.562. The summed E-state index contributed by atoms with van der Waals surface area (Å²) < 4.78 is 0. The minimum atomic E-state index is -0.145. The molecule has 20 heavy (non-hydrogen) atoms. The SMILES string of the molecule is O=C1Nc2cc(O)ccc2NC1CCCCCC1CC1. The fourth-order valence-corrected chi connectivity index (χ4v) is 2.80. The number of anilines is 2. The predicted molar refractivity (Wildman–Crippen MR) is 80.0 cm³/mol. The fourth-order valence-electron chi connectivity index (χ4n) is 2.80. The summed E-state index contributed by atoms with van der Waals surface area (Å²) in [6.07, 6.45) is 8.69. The van der Waals surface area contributed by atoms with Crippen molar-refractivity contribution in [2.45, 2.75) is 51.0 Å². The Kier molecular flexibility index (Phi) is 3.81. The normalized spacial score (nSPS) is 21.0. The van der Waals surface area contributed by atoms with Crippen LogP contribution in [0.1, 0.15) is 44.9 Å². The zero-order valence-electron chi connectivity index (χ0n) is 11.7. The molecule has 0 radical (unpaired) electrons. The van der Waals surface area contributed by atoms with E-state index >= 15 is 0 Å². The standard InChI is InChI=1S/C16H22N2O2/c19-12-8-9-13-15(10-12)18-16(20)14(17-13)5-3-1-2-4-11-6-7-11/h8-11,14,17,19H,1-7H2,(H,18,20). The van der Waals surface area contributed by atoms with Crippen LogP contribution in [0.4, 0.5) is 11.4 Å². The second-order valence-electron chi connectivity index (χ2n) is 6.00. The van der Waals surface area contributed by atoms with Crippen LogP contribution in [0.2, 0.25) is 0 Å². The average Bonchev–Trinajstić information content (AvgIpc) is 3.23. The second-order valence-corrected chi connectivity index (χ2v) is 6.00. The molecule has 1 aromatic rings. The van der Waals surface area contributed by atoms with Crippen molar-refractivity contribution in [2.75, 3.05) is 10.6 Å². The maximum Gasteiger partial charge on any atom is 0.246 e. The van der Waals surface area contributed by atoms with Gasteiger partial charge in [-0.3, -0.25) is 4.79 Å². The summed E-state index contributed by atoms with van der Waals surface area (Å²) in [5, 5.41) is 15.5. The molecule has 4 heteroatoms. The van der Waals surface area contributed by atoms with Gasteiger partial charge in [-0.15, -0.1) is 0 Å². The molecule has 2 aliphatic rings. The smallest absolute Gasteiger partial charge is 0.246 e. The molecule has 1 aliphatic carbocycles. The topological polar surface area (TPSA) is 61.4 Å². The number of amides is 1. The average molecular weight is 274 g/mol. The van der Waals surface area contributed by atoms with Crippen LogP contribution in [-0.2, 0) is 4.79 Å². The van der Waals surface area contributed by atoms with Crippen molar-refractivity contribution in [2.24, 2.45) is 5.92 Å². The molecule has 1 aromatic carbocycles. The largest absolute Gasteiger partial charge is 0.508 e. The van der Waals surface area contributed by atoms with Crippen molar-refractivity contribution < 1.29 is 9.90 Å². The lowest BCUT2D eigenvalue weighted by atomic mass is 10.0. The molecule has 0 saturated heterocycles. The summed E-state index contributed by atoms with van der Waals surface area (Å²) in [5.41, 5.74) is 1.56. The number of carbonyl (C=O) groups is 1. The van der Waals surface area contributed by atoms with Crippen molar-refractivity contribution in [1.29, 1.82) is 0 Å². The van der Waals surface area contributed by atoms with Crippen LogP contribution in [0, 0.1) is 5.92 Å². The highest BCUT2D eigenvalue weighted by molar-refractivity contribution is 6.03. The molecule has 1 heterocycles. The first-order valence-electron chi connectivity index (χ1n) is 7.63. The summed E-state index contributed by atoms with van der Waals surface area (Å²) in [5.74, 6) is 1.18. The van der Waals surface area contributed by atoms with E-state index in [2.05, 4.69) is 10.6 Å². The number of phenolic OH excluding ortho intramolecular Hbond substituents is 1. The van der Waals surface area contributed by atoms with Gasteiger partial charge in [-0.2, -0.15) is 0 Å². The lowest BCUT2D eigenvalue weighted by Crippen LogP contribution is -2.38. The Morgan fingerprint density at radius 2 is 1.90 bits per heavy atom. The Hall–Kier alpha value is -1.71. The highest BCUT2D eigenvalue weighted by atomic mass is 16.3. The van der Waals surface area contributed by atoms with Crippen LogP contribution in [0.15, 0.2) is 18.2 Å².